The van der Waals surface area contributed by atoms with Gasteiger partial charge in [0.1, 0.15) is 23.4 Å². The van der Waals surface area contributed by atoms with Crippen molar-refractivity contribution in [2.45, 2.75) is 26.7 Å². The molecule has 0 aliphatic rings. The summed E-state index contributed by atoms with van der Waals surface area (Å²) in [5.41, 5.74) is 2.61. The van der Waals surface area contributed by atoms with Crippen LogP contribution in [-0.2, 0) is 0 Å². The SMILES string of the molecule is Cc1nc(C#N)cc(Nc2ccccc2C(C)C)n1. The number of hydrogen-bond donors (Lipinski definition) is 1. The van der Waals surface area contributed by atoms with Crippen LogP contribution >= 0.6 is 0 Å². The van der Waals surface area contributed by atoms with Crippen molar-refractivity contribution < 1.29 is 0 Å². The Morgan fingerprint density at radius 2 is 1.95 bits per heavy atom. The first kappa shape index (κ1) is 13.0. The Hall–Kier alpha value is -2.41. The minimum Gasteiger partial charge on any atom is -0.340 e. The molecule has 0 aliphatic heterocycles. The number of nitriles is 1. The van der Waals surface area contributed by atoms with E-state index in [1.54, 1.807) is 13.0 Å². The predicted molar refractivity (Wildman–Crippen MR) is 75.3 cm³/mol. The highest BCUT2D eigenvalue weighted by Crippen LogP contribution is 2.26. The summed E-state index contributed by atoms with van der Waals surface area (Å²) in [6.07, 6.45) is 0. The lowest BCUT2D eigenvalue weighted by Gasteiger charge is -2.14. The lowest BCUT2D eigenvalue weighted by atomic mass is 10.0. The second kappa shape index (κ2) is 5.49. The zero-order valence-corrected chi connectivity index (χ0v) is 11.3. The molecule has 4 heteroatoms. The number of nitrogens with one attached hydrogen (secondary N) is 1. The van der Waals surface area contributed by atoms with Gasteiger partial charge in [0.05, 0.1) is 0 Å². The zero-order chi connectivity index (χ0) is 13.8. The number of rotatable bonds is 3. The van der Waals surface area contributed by atoms with Gasteiger partial charge in [0, 0.05) is 11.8 Å². The van der Waals surface area contributed by atoms with Crippen LogP contribution in [0.5, 0.6) is 0 Å². The second-order valence-electron chi connectivity index (χ2n) is 4.66. The topological polar surface area (TPSA) is 61.6 Å². The van der Waals surface area contributed by atoms with Gasteiger partial charge in [0.2, 0.25) is 0 Å². The number of anilines is 2. The molecule has 0 unspecified atom stereocenters. The van der Waals surface area contributed by atoms with Crippen LogP contribution in [0.2, 0.25) is 0 Å². The molecule has 2 rings (SSSR count). The Balaban J connectivity index is 2.37. The van der Waals surface area contributed by atoms with Gasteiger partial charge in [-0.15, -0.1) is 0 Å². The summed E-state index contributed by atoms with van der Waals surface area (Å²) in [7, 11) is 0. The summed E-state index contributed by atoms with van der Waals surface area (Å²) in [4.78, 5) is 8.34. The molecule has 0 atom stereocenters. The van der Waals surface area contributed by atoms with Gasteiger partial charge in [0.15, 0.2) is 0 Å². The van der Waals surface area contributed by atoms with Gasteiger partial charge in [0.25, 0.3) is 0 Å². The highest BCUT2D eigenvalue weighted by atomic mass is 15.0. The fourth-order valence-electron chi connectivity index (χ4n) is 1.94. The third-order valence-electron chi connectivity index (χ3n) is 2.80. The first-order chi connectivity index (χ1) is 9.10. The Morgan fingerprint density at radius 1 is 1.21 bits per heavy atom. The summed E-state index contributed by atoms with van der Waals surface area (Å²) >= 11 is 0. The fraction of sp³-hybridized carbons (Fsp3) is 0.267. The van der Waals surface area contributed by atoms with Crippen molar-refractivity contribution in [3.8, 4) is 6.07 Å². The molecule has 4 nitrogen and oxygen atoms in total. The van der Waals surface area contributed by atoms with E-state index < -0.39 is 0 Å². The molecule has 1 N–H and O–H groups in total. The monoisotopic (exact) mass is 252 g/mol. The second-order valence-corrected chi connectivity index (χ2v) is 4.66. The third-order valence-corrected chi connectivity index (χ3v) is 2.80. The van der Waals surface area contributed by atoms with Gasteiger partial charge in [-0.25, -0.2) is 9.97 Å². The third kappa shape index (κ3) is 3.08. The van der Waals surface area contributed by atoms with Crippen molar-refractivity contribution in [1.82, 2.24) is 9.97 Å². The molecular weight excluding hydrogens is 236 g/mol. The van der Waals surface area contributed by atoms with E-state index in [9.17, 15) is 0 Å². The molecule has 2 aromatic rings. The highest BCUT2D eigenvalue weighted by molar-refractivity contribution is 5.61. The van der Waals surface area contributed by atoms with E-state index in [4.69, 9.17) is 5.26 Å². The van der Waals surface area contributed by atoms with Crippen LogP contribution in [0.15, 0.2) is 30.3 Å². The van der Waals surface area contributed by atoms with Gasteiger partial charge in [-0.1, -0.05) is 32.0 Å². The van der Waals surface area contributed by atoms with Gasteiger partial charge < -0.3 is 5.32 Å². The number of aromatic nitrogens is 2. The number of benzene rings is 1. The van der Waals surface area contributed by atoms with Crippen molar-refractivity contribution in [2.75, 3.05) is 5.32 Å². The number of nitrogens with zero attached hydrogens (tertiary/aromatic N) is 3. The molecule has 0 fully saturated rings. The van der Waals surface area contributed by atoms with E-state index in [1.807, 2.05) is 24.3 Å². The minimum absolute atomic E-state index is 0.372. The summed E-state index contributed by atoms with van der Waals surface area (Å²) in [6.45, 7) is 6.07. The van der Waals surface area contributed by atoms with Crippen LogP contribution < -0.4 is 5.32 Å². The van der Waals surface area contributed by atoms with Crippen molar-refractivity contribution in [3.05, 3.63) is 47.4 Å². The maximum atomic E-state index is 8.93. The molecule has 0 aliphatic carbocycles. The van der Waals surface area contributed by atoms with Gasteiger partial charge >= 0.3 is 0 Å². The number of aryl methyl sites for hydroxylation is 1. The Kier molecular flexibility index (Phi) is 3.76. The molecule has 1 aromatic carbocycles. The number of para-hydroxylation sites is 1. The van der Waals surface area contributed by atoms with Gasteiger partial charge in [-0.3, -0.25) is 0 Å². The van der Waals surface area contributed by atoms with Crippen molar-refractivity contribution in [3.63, 3.8) is 0 Å². The molecular formula is C15H16N4. The molecule has 0 amide bonds. The van der Waals surface area contributed by atoms with Crippen molar-refractivity contribution in [2.24, 2.45) is 0 Å². The maximum absolute atomic E-state index is 8.93. The van der Waals surface area contributed by atoms with E-state index >= 15 is 0 Å². The lowest BCUT2D eigenvalue weighted by Crippen LogP contribution is -2.02. The average molecular weight is 252 g/mol. The molecule has 0 saturated carbocycles. The average Bonchev–Trinajstić information content (AvgIpc) is 2.38. The van der Waals surface area contributed by atoms with Crippen LogP contribution in [0.25, 0.3) is 0 Å². The van der Waals surface area contributed by atoms with Crippen molar-refractivity contribution in [1.29, 1.82) is 5.26 Å². The predicted octanol–water partition coefficient (Wildman–Crippen LogP) is 3.52. The van der Waals surface area contributed by atoms with Crippen LogP contribution in [0.3, 0.4) is 0 Å². The van der Waals surface area contributed by atoms with Crippen LogP contribution in [0.1, 0.15) is 36.8 Å². The minimum atomic E-state index is 0.372. The van der Waals surface area contributed by atoms with E-state index in [1.165, 1.54) is 5.56 Å². The molecule has 0 saturated heterocycles. The summed E-state index contributed by atoms with van der Waals surface area (Å²) in [5, 5.41) is 12.2. The van der Waals surface area contributed by atoms with E-state index in [0.717, 1.165) is 5.69 Å². The summed E-state index contributed by atoms with van der Waals surface area (Å²) in [6, 6.07) is 11.8. The zero-order valence-electron chi connectivity index (χ0n) is 11.3. The quantitative estimate of drug-likeness (QED) is 0.907. The smallest absolute Gasteiger partial charge is 0.146 e. The Bertz CT molecular complexity index is 626. The van der Waals surface area contributed by atoms with Crippen LogP contribution in [0, 0.1) is 18.3 Å². The molecule has 1 aromatic heterocycles. The first-order valence-electron chi connectivity index (χ1n) is 6.22. The molecule has 0 radical (unpaired) electrons. The van der Waals surface area contributed by atoms with Gasteiger partial charge in [-0.05, 0) is 24.5 Å². The lowest BCUT2D eigenvalue weighted by molar-refractivity contribution is 0.868. The van der Waals surface area contributed by atoms with Gasteiger partial charge in [-0.2, -0.15) is 5.26 Å². The number of hydrogen-bond acceptors (Lipinski definition) is 4. The highest BCUT2D eigenvalue weighted by Gasteiger charge is 2.07. The Labute approximate surface area is 113 Å². The summed E-state index contributed by atoms with van der Waals surface area (Å²) < 4.78 is 0. The van der Waals surface area contributed by atoms with Crippen LogP contribution in [-0.4, -0.2) is 9.97 Å². The molecule has 96 valence electrons. The standard InChI is InChI=1S/C15H16N4/c1-10(2)13-6-4-5-7-14(13)19-15-8-12(9-16)17-11(3)18-15/h4-8,10H,1-3H3,(H,17,18,19). The maximum Gasteiger partial charge on any atom is 0.146 e. The van der Waals surface area contributed by atoms with Crippen molar-refractivity contribution >= 4 is 11.5 Å². The molecule has 19 heavy (non-hydrogen) atoms. The van der Waals surface area contributed by atoms with Crippen LogP contribution in [0.4, 0.5) is 11.5 Å². The Morgan fingerprint density at radius 3 is 2.63 bits per heavy atom. The van der Waals surface area contributed by atoms with E-state index in [2.05, 4.69) is 35.2 Å². The first-order valence-corrected chi connectivity index (χ1v) is 6.22. The fourth-order valence-corrected chi connectivity index (χ4v) is 1.94. The largest absolute Gasteiger partial charge is 0.340 e. The summed E-state index contributed by atoms with van der Waals surface area (Å²) in [5.74, 6) is 1.66. The van der Waals surface area contributed by atoms with E-state index in [0.29, 0.717) is 23.3 Å². The molecule has 1 heterocycles. The molecule has 0 spiro atoms. The normalized spacial score (nSPS) is 10.3. The van der Waals surface area contributed by atoms with E-state index in [-0.39, 0.29) is 0 Å². The molecule has 0 bridgehead atoms.